The fraction of sp³-hybridized carbons (Fsp3) is 0.333. The van der Waals surface area contributed by atoms with E-state index in [0.717, 1.165) is 24.0 Å². The second-order valence-electron chi connectivity index (χ2n) is 5.38. The summed E-state index contributed by atoms with van der Waals surface area (Å²) in [5.41, 5.74) is 4.33. The summed E-state index contributed by atoms with van der Waals surface area (Å²) in [4.78, 5) is 0. The Bertz CT molecular complexity index is 627. The molecule has 0 spiro atoms. The van der Waals surface area contributed by atoms with Crippen LogP contribution in [0.1, 0.15) is 37.8 Å². The summed E-state index contributed by atoms with van der Waals surface area (Å²) in [5.74, 6) is 0.324. The van der Waals surface area contributed by atoms with Gasteiger partial charge in [-0.3, -0.25) is 0 Å². The molecular weight excluding hydrogens is 248 g/mol. The smallest absolute Gasteiger partial charge is 0.123 e. The SMILES string of the molecule is CCC1(CC)OCc2ccc(-c3ccccc3O)cc21. The van der Waals surface area contributed by atoms with E-state index >= 15 is 0 Å². The van der Waals surface area contributed by atoms with Gasteiger partial charge in [0.2, 0.25) is 0 Å². The lowest BCUT2D eigenvalue weighted by molar-refractivity contribution is -0.0439. The minimum Gasteiger partial charge on any atom is -0.507 e. The first-order valence-corrected chi connectivity index (χ1v) is 7.26. The van der Waals surface area contributed by atoms with Crippen molar-refractivity contribution in [3.8, 4) is 16.9 Å². The molecule has 0 fully saturated rings. The van der Waals surface area contributed by atoms with Crippen molar-refractivity contribution in [2.24, 2.45) is 0 Å². The Kier molecular flexibility index (Phi) is 3.27. The van der Waals surface area contributed by atoms with Gasteiger partial charge in [-0.05, 0) is 41.7 Å². The number of phenols is 1. The van der Waals surface area contributed by atoms with Gasteiger partial charge in [-0.15, -0.1) is 0 Å². The van der Waals surface area contributed by atoms with E-state index in [-0.39, 0.29) is 5.60 Å². The molecule has 0 saturated carbocycles. The van der Waals surface area contributed by atoms with E-state index in [2.05, 4.69) is 32.0 Å². The molecule has 1 aliphatic heterocycles. The third kappa shape index (κ3) is 1.92. The fourth-order valence-corrected chi connectivity index (χ4v) is 3.14. The molecule has 0 bridgehead atoms. The number of benzene rings is 2. The van der Waals surface area contributed by atoms with Crippen LogP contribution in [-0.4, -0.2) is 5.11 Å². The second kappa shape index (κ2) is 4.95. The molecule has 3 rings (SSSR count). The molecule has 1 heterocycles. The number of phenolic OH excluding ortho intramolecular Hbond substituents is 1. The third-order valence-corrected chi connectivity index (χ3v) is 4.46. The normalized spacial score (nSPS) is 16.1. The molecule has 1 N–H and O–H groups in total. The summed E-state index contributed by atoms with van der Waals surface area (Å²) >= 11 is 0. The number of fused-ring (bicyclic) bond motifs is 1. The molecule has 1 aliphatic rings. The molecule has 0 atom stereocenters. The summed E-state index contributed by atoms with van der Waals surface area (Å²) in [5, 5.41) is 10.0. The van der Waals surface area contributed by atoms with Crippen LogP contribution in [0.15, 0.2) is 42.5 Å². The lowest BCUT2D eigenvalue weighted by Crippen LogP contribution is -2.22. The highest BCUT2D eigenvalue weighted by Crippen LogP contribution is 2.43. The molecular formula is C18H20O2. The maximum Gasteiger partial charge on any atom is 0.123 e. The van der Waals surface area contributed by atoms with Crippen molar-refractivity contribution in [2.75, 3.05) is 0 Å². The maximum atomic E-state index is 10.0. The van der Waals surface area contributed by atoms with Crippen molar-refractivity contribution in [1.29, 1.82) is 0 Å². The Morgan fingerprint density at radius 2 is 1.85 bits per heavy atom. The number of ether oxygens (including phenoxy) is 1. The van der Waals surface area contributed by atoms with E-state index < -0.39 is 0 Å². The number of para-hydroxylation sites is 1. The van der Waals surface area contributed by atoms with Gasteiger partial charge in [-0.2, -0.15) is 0 Å². The van der Waals surface area contributed by atoms with Gasteiger partial charge in [0, 0.05) is 5.56 Å². The molecule has 2 aromatic rings. The van der Waals surface area contributed by atoms with Gasteiger partial charge in [0.1, 0.15) is 5.75 Å². The molecule has 0 aliphatic carbocycles. The Hall–Kier alpha value is -1.80. The van der Waals surface area contributed by atoms with Crippen LogP contribution in [0.5, 0.6) is 5.75 Å². The summed E-state index contributed by atoms with van der Waals surface area (Å²) in [6, 6.07) is 13.9. The van der Waals surface area contributed by atoms with E-state index in [4.69, 9.17) is 4.74 Å². The summed E-state index contributed by atoms with van der Waals surface area (Å²) in [7, 11) is 0. The highest BCUT2D eigenvalue weighted by Gasteiger charge is 2.36. The minimum atomic E-state index is -0.157. The van der Waals surface area contributed by atoms with Gasteiger partial charge in [0.25, 0.3) is 0 Å². The predicted octanol–water partition coefficient (Wildman–Crippen LogP) is 4.60. The standard InChI is InChI=1S/C18H20O2/c1-3-18(4-2)16-11-13(9-10-14(16)12-20-18)15-7-5-6-8-17(15)19/h5-11,19H,3-4,12H2,1-2H3. The van der Waals surface area contributed by atoms with E-state index in [9.17, 15) is 5.11 Å². The molecule has 2 nitrogen and oxygen atoms in total. The number of hydrogen-bond donors (Lipinski definition) is 1. The van der Waals surface area contributed by atoms with Crippen LogP contribution in [0.25, 0.3) is 11.1 Å². The number of aromatic hydroxyl groups is 1. The zero-order chi connectivity index (χ0) is 14.2. The molecule has 0 amide bonds. The van der Waals surface area contributed by atoms with Crippen LogP contribution >= 0.6 is 0 Å². The van der Waals surface area contributed by atoms with Crippen LogP contribution in [0, 0.1) is 0 Å². The van der Waals surface area contributed by atoms with Crippen LogP contribution < -0.4 is 0 Å². The van der Waals surface area contributed by atoms with E-state index in [1.54, 1.807) is 6.07 Å². The summed E-state index contributed by atoms with van der Waals surface area (Å²) < 4.78 is 6.07. The van der Waals surface area contributed by atoms with E-state index in [0.29, 0.717) is 12.4 Å². The number of rotatable bonds is 3. The largest absolute Gasteiger partial charge is 0.507 e. The van der Waals surface area contributed by atoms with Crippen LogP contribution in [0.2, 0.25) is 0 Å². The van der Waals surface area contributed by atoms with Crippen molar-refractivity contribution < 1.29 is 9.84 Å². The fourth-order valence-electron chi connectivity index (χ4n) is 3.14. The molecule has 2 heteroatoms. The van der Waals surface area contributed by atoms with Crippen molar-refractivity contribution in [3.63, 3.8) is 0 Å². The Morgan fingerprint density at radius 1 is 1.10 bits per heavy atom. The van der Waals surface area contributed by atoms with Crippen molar-refractivity contribution in [1.82, 2.24) is 0 Å². The molecule has 2 aromatic carbocycles. The van der Waals surface area contributed by atoms with Gasteiger partial charge in [-0.1, -0.05) is 44.2 Å². The van der Waals surface area contributed by atoms with Gasteiger partial charge in [0.05, 0.1) is 12.2 Å². The molecule has 20 heavy (non-hydrogen) atoms. The topological polar surface area (TPSA) is 29.5 Å². The van der Waals surface area contributed by atoms with Crippen LogP contribution in [0.4, 0.5) is 0 Å². The first-order valence-electron chi connectivity index (χ1n) is 7.26. The lowest BCUT2D eigenvalue weighted by atomic mass is 9.85. The monoisotopic (exact) mass is 268 g/mol. The van der Waals surface area contributed by atoms with Gasteiger partial charge in [0.15, 0.2) is 0 Å². The summed E-state index contributed by atoms with van der Waals surface area (Å²) in [6.45, 7) is 5.04. The number of hydrogen-bond acceptors (Lipinski definition) is 2. The van der Waals surface area contributed by atoms with Crippen molar-refractivity contribution in [2.45, 2.75) is 38.9 Å². The Morgan fingerprint density at radius 3 is 2.55 bits per heavy atom. The highest BCUT2D eigenvalue weighted by atomic mass is 16.5. The van der Waals surface area contributed by atoms with Gasteiger partial charge < -0.3 is 9.84 Å². The Balaban J connectivity index is 2.12. The average molecular weight is 268 g/mol. The Labute approximate surface area is 120 Å². The first-order chi connectivity index (χ1) is 9.70. The average Bonchev–Trinajstić information content (AvgIpc) is 2.86. The minimum absolute atomic E-state index is 0.157. The first kappa shape index (κ1) is 13.2. The molecule has 0 radical (unpaired) electrons. The van der Waals surface area contributed by atoms with Crippen molar-refractivity contribution >= 4 is 0 Å². The molecule has 0 unspecified atom stereocenters. The molecule has 0 aromatic heterocycles. The van der Waals surface area contributed by atoms with Crippen LogP contribution in [0.3, 0.4) is 0 Å². The lowest BCUT2D eigenvalue weighted by Gasteiger charge is -2.27. The molecule has 0 saturated heterocycles. The highest BCUT2D eigenvalue weighted by molar-refractivity contribution is 5.71. The van der Waals surface area contributed by atoms with Crippen molar-refractivity contribution in [3.05, 3.63) is 53.6 Å². The summed E-state index contributed by atoms with van der Waals surface area (Å²) in [6.07, 6.45) is 1.95. The van der Waals surface area contributed by atoms with Crippen LogP contribution in [-0.2, 0) is 16.9 Å². The van der Waals surface area contributed by atoms with E-state index in [1.807, 2.05) is 18.2 Å². The zero-order valence-electron chi connectivity index (χ0n) is 12.0. The van der Waals surface area contributed by atoms with E-state index in [1.165, 1.54) is 11.1 Å². The van der Waals surface area contributed by atoms with Gasteiger partial charge in [-0.25, -0.2) is 0 Å². The quantitative estimate of drug-likeness (QED) is 0.881. The van der Waals surface area contributed by atoms with Gasteiger partial charge >= 0.3 is 0 Å². The zero-order valence-corrected chi connectivity index (χ0v) is 12.0. The maximum absolute atomic E-state index is 10.0. The second-order valence-corrected chi connectivity index (χ2v) is 5.38. The molecule has 104 valence electrons. The third-order valence-electron chi connectivity index (χ3n) is 4.46. The predicted molar refractivity (Wildman–Crippen MR) is 80.6 cm³/mol.